The van der Waals surface area contributed by atoms with Gasteiger partial charge in [0.1, 0.15) is 0 Å². The summed E-state index contributed by atoms with van der Waals surface area (Å²) < 4.78 is 0. The third-order valence-electron chi connectivity index (χ3n) is 3.99. The van der Waals surface area contributed by atoms with Gasteiger partial charge in [-0.1, -0.05) is 13.3 Å². The molecule has 0 bridgehead atoms. The van der Waals surface area contributed by atoms with Gasteiger partial charge in [-0.25, -0.2) is 0 Å². The lowest BCUT2D eigenvalue weighted by atomic mass is 9.97. The van der Waals surface area contributed by atoms with Crippen LogP contribution in [-0.4, -0.2) is 29.3 Å². The second-order valence-corrected chi connectivity index (χ2v) is 6.51. The van der Waals surface area contributed by atoms with Gasteiger partial charge in [-0.15, -0.1) is 11.3 Å². The summed E-state index contributed by atoms with van der Waals surface area (Å²) in [7, 11) is 0. The number of ketones is 1. The molecule has 100 valence electrons. The number of Topliss-reactive ketones (excluding diaryl/α,β-unsaturated/α-hetero) is 1. The number of hydrogen-bond donors (Lipinski definition) is 0. The summed E-state index contributed by atoms with van der Waals surface area (Å²) in [6, 6.07) is 5.16. The molecule has 0 radical (unpaired) electrons. The first-order valence-electron chi connectivity index (χ1n) is 6.99. The molecule has 1 saturated heterocycles. The number of hydrogen-bond acceptors (Lipinski definition) is 3. The largest absolute Gasteiger partial charge is 0.292 e. The van der Waals surface area contributed by atoms with E-state index in [2.05, 4.69) is 31.7 Å². The van der Waals surface area contributed by atoms with E-state index in [0.717, 1.165) is 11.3 Å². The zero-order valence-corrected chi connectivity index (χ0v) is 12.4. The zero-order valence-electron chi connectivity index (χ0n) is 11.6. The van der Waals surface area contributed by atoms with Crippen molar-refractivity contribution in [1.29, 1.82) is 0 Å². The fourth-order valence-corrected chi connectivity index (χ4v) is 3.63. The van der Waals surface area contributed by atoms with Crippen LogP contribution in [0, 0.1) is 0 Å². The first-order valence-corrected chi connectivity index (χ1v) is 7.81. The second-order valence-electron chi connectivity index (χ2n) is 5.34. The van der Waals surface area contributed by atoms with Gasteiger partial charge in [-0.2, -0.15) is 0 Å². The van der Waals surface area contributed by atoms with Gasteiger partial charge in [0.15, 0.2) is 5.78 Å². The molecule has 2 nitrogen and oxygen atoms in total. The van der Waals surface area contributed by atoms with Gasteiger partial charge in [-0.05, 0) is 45.2 Å². The Bertz CT molecular complexity index is 402. The predicted molar refractivity (Wildman–Crippen MR) is 77.5 cm³/mol. The average Bonchev–Trinajstić information content (AvgIpc) is 2.82. The SMILES string of the molecule is CCc1ccc(C(=O)CN2[C@H](C)CCC[C@@H]2C)s1. The first-order chi connectivity index (χ1) is 8.61. The molecule has 0 saturated carbocycles. The normalized spacial score (nSPS) is 25.3. The quantitative estimate of drug-likeness (QED) is 0.773. The van der Waals surface area contributed by atoms with Gasteiger partial charge < -0.3 is 0 Å². The van der Waals surface area contributed by atoms with Gasteiger partial charge in [0, 0.05) is 17.0 Å². The zero-order chi connectivity index (χ0) is 13.1. The van der Waals surface area contributed by atoms with Crippen molar-refractivity contribution < 1.29 is 4.79 Å². The van der Waals surface area contributed by atoms with Crippen molar-refractivity contribution in [3.8, 4) is 0 Å². The Labute approximate surface area is 114 Å². The van der Waals surface area contributed by atoms with Crippen LogP contribution < -0.4 is 0 Å². The van der Waals surface area contributed by atoms with Crippen LogP contribution in [0.5, 0.6) is 0 Å². The number of piperidine rings is 1. The summed E-state index contributed by atoms with van der Waals surface area (Å²) in [6.45, 7) is 7.21. The molecule has 2 heterocycles. The molecule has 1 aromatic heterocycles. The Hall–Kier alpha value is -0.670. The molecule has 0 spiro atoms. The van der Waals surface area contributed by atoms with E-state index >= 15 is 0 Å². The smallest absolute Gasteiger partial charge is 0.186 e. The van der Waals surface area contributed by atoms with Crippen molar-refractivity contribution in [1.82, 2.24) is 4.90 Å². The van der Waals surface area contributed by atoms with Crippen molar-refractivity contribution in [2.45, 2.75) is 58.5 Å². The lowest BCUT2D eigenvalue weighted by Gasteiger charge is -2.38. The van der Waals surface area contributed by atoms with Crippen LogP contribution in [0.1, 0.15) is 54.6 Å². The number of nitrogens with zero attached hydrogens (tertiary/aromatic N) is 1. The average molecular weight is 265 g/mol. The highest BCUT2D eigenvalue weighted by atomic mass is 32.1. The third-order valence-corrected chi connectivity index (χ3v) is 5.26. The monoisotopic (exact) mass is 265 g/mol. The number of aryl methyl sites for hydroxylation is 1. The molecule has 2 atom stereocenters. The molecule has 2 rings (SSSR count). The molecular weight excluding hydrogens is 242 g/mol. The summed E-state index contributed by atoms with van der Waals surface area (Å²) in [6.07, 6.45) is 4.77. The topological polar surface area (TPSA) is 20.3 Å². The van der Waals surface area contributed by atoms with Crippen LogP contribution in [0.4, 0.5) is 0 Å². The van der Waals surface area contributed by atoms with E-state index in [-0.39, 0.29) is 0 Å². The maximum atomic E-state index is 12.3. The number of carbonyl (C=O) groups is 1. The Balaban J connectivity index is 2.01. The Morgan fingerprint density at radius 1 is 1.33 bits per heavy atom. The molecule has 1 aliphatic rings. The van der Waals surface area contributed by atoms with Gasteiger partial charge in [-0.3, -0.25) is 9.69 Å². The van der Waals surface area contributed by atoms with Crippen molar-refractivity contribution in [2.75, 3.05) is 6.54 Å². The van der Waals surface area contributed by atoms with Crippen molar-refractivity contribution in [2.24, 2.45) is 0 Å². The highest BCUT2D eigenvalue weighted by molar-refractivity contribution is 7.14. The van der Waals surface area contributed by atoms with Gasteiger partial charge in [0.05, 0.1) is 11.4 Å². The van der Waals surface area contributed by atoms with E-state index in [1.807, 2.05) is 6.07 Å². The van der Waals surface area contributed by atoms with Crippen LogP contribution in [0.2, 0.25) is 0 Å². The molecule has 18 heavy (non-hydrogen) atoms. The third kappa shape index (κ3) is 3.01. The highest BCUT2D eigenvalue weighted by Gasteiger charge is 2.26. The lowest BCUT2D eigenvalue weighted by molar-refractivity contribution is 0.0738. The van der Waals surface area contributed by atoms with Crippen molar-refractivity contribution in [3.63, 3.8) is 0 Å². The van der Waals surface area contributed by atoms with Crippen LogP contribution in [-0.2, 0) is 6.42 Å². The van der Waals surface area contributed by atoms with E-state index in [1.165, 1.54) is 24.1 Å². The van der Waals surface area contributed by atoms with E-state index in [9.17, 15) is 4.79 Å². The number of thiophene rings is 1. The van der Waals surface area contributed by atoms with E-state index < -0.39 is 0 Å². The molecule has 1 fully saturated rings. The fourth-order valence-electron chi connectivity index (χ4n) is 2.75. The standard InChI is InChI=1S/C15H23NOS/c1-4-13-8-9-15(18-13)14(17)10-16-11(2)6-5-7-12(16)3/h8-9,11-12H,4-7,10H2,1-3H3/t11-,12+. The fraction of sp³-hybridized carbons (Fsp3) is 0.667. The predicted octanol–water partition coefficient (Wildman–Crippen LogP) is 3.76. The van der Waals surface area contributed by atoms with E-state index in [1.54, 1.807) is 11.3 Å². The van der Waals surface area contributed by atoms with Gasteiger partial charge in [0.25, 0.3) is 0 Å². The van der Waals surface area contributed by atoms with Crippen molar-refractivity contribution >= 4 is 17.1 Å². The Morgan fingerprint density at radius 2 is 2.00 bits per heavy atom. The molecule has 0 N–H and O–H groups in total. The van der Waals surface area contributed by atoms with Crippen LogP contribution in [0.3, 0.4) is 0 Å². The molecule has 0 aliphatic carbocycles. The number of likely N-dealkylation sites (tertiary alicyclic amines) is 1. The number of carbonyl (C=O) groups excluding carboxylic acids is 1. The minimum absolute atomic E-state index is 0.292. The molecule has 0 aromatic carbocycles. The molecule has 0 amide bonds. The molecule has 1 aliphatic heterocycles. The molecule has 3 heteroatoms. The number of rotatable bonds is 4. The summed E-state index contributed by atoms with van der Waals surface area (Å²) >= 11 is 1.66. The van der Waals surface area contributed by atoms with E-state index in [0.29, 0.717) is 24.4 Å². The highest BCUT2D eigenvalue weighted by Crippen LogP contribution is 2.24. The minimum atomic E-state index is 0.292. The first kappa shape index (κ1) is 13.8. The van der Waals surface area contributed by atoms with Gasteiger partial charge >= 0.3 is 0 Å². The summed E-state index contributed by atoms with van der Waals surface area (Å²) in [5.74, 6) is 0.292. The maximum Gasteiger partial charge on any atom is 0.186 e. The Kier molecular flexibility index (Phi) is 4.57. The van der Waals surface area contributed by atoms with Crippen LogP contribution in [0.15, 0.2) is 12.1 Å². The molecule has 1 aromatic rings. The van der Waals surface area contributed by atoms with E-state index in [4.69, 9.17) is 0 Å². The van der Waals surface area contributed by atoms with Crippen molar-refractivity contribution in [3.05, 3.63) is 21.9 Å². The summed E-state index contributed by atoms with van der Waals surface area (Å²) in [4.78, 5) is 16.9. The van der Waals surface area contributed by atoms with Gasteiger partial charge in [0.2, 0.25) is 0 Å². The molecular formula is C15H23NOS. The lowest BCUT2D eigenvalue weighted by Crippen LogP contribution is -2.46. The maximum absolute atomic E-state index is 12.3. The van der Waals surface area contributed by atoms with Crippen LogP contribution in [0.25, 0.3) is 0 Å². The Morgan fingerprint density at radius 3 is 2.56 bits per heavy atom. The summed E-state index contributed by atoms with van der Waals surface area (Å²) in [5, 5.41) is 0. The van der Waals surface area contributed by atoms with Crippen LogP contribution >= 0.6 is 11.3 Å². The second kappa shape index (κ2) is 5.98. The minimum Gasteiger partial charge on any atom is -0.292 e. The molecule has 0 unspecified atom stereocenters. The summed E-state index contributed by atoms with van der Waals surface area (Å²) in [5.41, 5.74) is 0.